The molecule has 0 N–H and O–H groups in total. The summed E-state index contributed by atoms with van der Waals surface area (Å²) in [6.07, 6.45) is 0. The summed E-state index contributed by atoms with van der Waals surface area (Å²) in [4.78, 5) is 4.61. The zero-order valence-corrected chi connectivity index (χ0v) is 37.2. The molecule has 0 amide bonds. The van der Waals surface area contributed by atoms with Crippen LogP contribution in [0.5, 0.6) is 11.5 Å². The lowest BCUT2D eigenvalue weighted by atomic mass is 9.93. The first kappa shape index (κ1) is 38.9. The maximum atomic E-state index is 7.06. The number of para-hydroxylation sites is 4. The summed E-state index contributed by atoms with van der Waals surface area (Å²) in [6.45, 7) is 0. The van der Waals surface area contributed by atoms with E-state index in [2.05, 4.69) is 228 Å². The Hall–Kier alpha value is -9.32. The van der Waals surface area contributed by atoms with Crippen LogP contribution in [0.15, 0.2) is 251 Å². The van der Waals surface area contributed by atoms with Gasteiger partial charge in [-0.05, 0) is 101 Å². The highest BCUT2D eigenvalue weighted by molar-refractivity contribution is 6.15. The van der Waals surface area contributed by atoms with Gasteiger partial charge in [0.1, 0.15) is 22.7 Å². The molecular weight excluding hydrogens is 845 g/mol. The van der Waals surface area contributed by atoms with Crippen LogP contribution in [-0.2, 0) is 0 Å². The Bertz CT molecular complexity index is 4100. The maximum absolute atomic E-state index is 7.06. The summed E-state index contributed by atoms with van der Waals surface area (Å²) >= 11 is 0. The van der Waals surface area contributed by atoms with Crippen LogP contribution in [0.2, 0.25) is 0 Å². The summed E-state index contributed by atoms with van der Waals surface area (Å²) < 4.78 is 20.5. The molecule has 0 bridgehead atoms. The molecule has 0 fully saturated rings. The van der Waals surface area contributed by atoms with Gasteiger partial charge >= 0.3 is 0 Å². The Morgan fingerprint density at radius 1 is 0.275 bits per heavy atom. The molecule has 0 radical (unpaired) electrons. The van der Waals surface area contributed by atoms with Crippen LogP contribution in [0, 0.1) is 0 Å². The van der Waals surface area contributed by atoms with Gasteiger partial charge in [0.15, 0.2) is 11.2 Å². The number of hydrogen-bond acceptors (Lipinski definition) is 5. The average molecular weight is 885 g/mol. The fourth-order valence-electron chi connectivity index (χ4n) is 10.5. The second-order valence-corrected chi connectivity index (χ2v) is 17.6. The molecule has 1 aliphatic heterocycles. The number of ether oxygens (including phenoxy) is 1. The van der Waals surface area contributed by atoms with Crippen molar-refractivity contribution in [1.82, 2.24) is 0 Å². The number of anilines is 6. The molecule has 11 aromatic carbocycles. The molecule has 0 aliphatic carbocycles. The smallest absolute Gasteiger partial charge is 0.159 e. The van der Waals surface area contributed by atoms with Crippen LogP contribution in [0.3, 0.4) is 0 Å². The number of rotatable bonds is 8. The Morgan fingerprint density at radius 3 is 1.36 bits per heavy atom. The zero-order chi connectivity index (χ0) is 45.4. The summed E-state index contributed by atoms with van der Waals surface area (Å²) in [5.74, 6) is 1.58. The molecule has 13 aromatic rings. The van der Waals surface area contributed by atoms with Gasteiger partial charge in [-0.2, -0.15) is 0 Å². The maximum Gasteiger partial charge on any atom is 0.159 e. The minimum Gasteiger partial charge on any atom is -0.456 e. The summed E-state index contributed by atoms with van der Waals surface area (Å²) in [5.41, 5.74) is 16.0. The van der Waals surface area contributed by atoms with E-state index in [0.29, 0.717) is 0 Å². The van der Waals surface area contributed by atoms with E-state index in [1.807, 2.05) is 24.3 Å². The predicted octanol–water partition coefficient (Wildman–Crippen LogP) is 18.7. The average Bonchev–Trinajstić information content (AvgIpc) is 4.00. The van der Waals surface area contributed by atoms with Crippen molar-refractivity contribution in [2.75, 3.05) is 9.80 Å². The lowest BCUT2D eigenvalue weighted by Gasteiger charge is -2.30. The monoisotopic (exact) mass is 884 g/mol. The third kappa shape index (κ3) is 6.32. The molecule has 0 atom stereocenters. The van der Waals surface area contributed by atoms with E-state index < -0.39 is 0 Å². The van der Waals surface area contributed by atoms with Crippen LogP contribution < -0.4 is 14.5 Å². The second-order valence-electron chi connectivity index (χ2n) is 17.6. The zero-order valence-electron chi connectivity index (χ0n) is 37.2. The Kier molecular flexibility index (Phi) is 8.83. The summed E-state index contributed by atoms with van der Waals surface area (Å²) in [5, 5.41) is 6.44. The Labute approximate surface area is 397 Å². The number of hydrogen-bond donors (Lipinski definition) is 0. The van der Waals surface area contributed by atoms with Gasteiger partial charge in [0.05, 0.1) is 22.7 Å². The third-order valence-corrected chi connectivity index (χ3v) is 13.7. The van der Waals surface area contributed by atoms with Crippen LogP contribution in [0.25, 0.3) is 88.0 Å². The van der Waals surface area contributed by atoms with E-state index in [0.717, 1.165) is 123 Å². The Balaban J connectivity index is 0.922. The molecule has 0 spiro atoms. The van der Waals surface area contributed by atoms with E-state index in [9.17, 15) is 0 Å². The minimum atomic E-state index is 0.781. The van der Waals surface area contributed by atoms with Crippen molar-refractivity contribution in [3.63, 3.8) is 0 Å². The van der Waals surface area contributed by atoms with Crippen molar-refractivity contribution in [3.8, 4) is 44.9 Å². The molecule has 5 nitrogen and oxygen atoms in total. The van der Waals surface area contributed by atoms with E-state index >= 15 is 0 Å². The van der Waals surface area contributed by atoms with E-state index in [-0.39, 0.29) is 0 Å². The van der Waals surface area contributed by atoms with E-state index in [1.165, 1.54) is 11.1 Å². The SMILES string of the molecule is c1ccc(-c2ccc(N(c3ccc4c(c3)Oc3ccc(N(c5ccc(-c6ccccc6)cc5)c5cccc6c5oc5ccccc56)c5cccc-4c35)c3cccc4c3oc3ccccc34)cc2)cc1. The van der Waals surface area contributed by atoms with Gasteiger partial charge in [0.2, 0.25) is 0 Å². The van der Waals surface area contributed by atoms with Gasteiger partial charge in [0.25, 0.3) is 0 Å². The Morgan fingerprint density at radius 2 is 0.754 bits per heavy atom. The first-order valence-electron chi connectivity index (χ1n) is 23.3. The lowest BCUT2D eigenvalue weighted by Crippen LogP contribution is -2.12. The van der Waals surface area contributed by atoms with Crippen LogP contribution in [0.4, 0.5) is 34.1 Å². The van der Waals surface area contributed by atoms with Crippen molar-refractivity contribution in [3.05, 3.63) is 243 Å². The van der Waals surface area contributed by atoms with Crippen molar-refractivity contribution >= 4 is 88.8 Å². The molecule has 0 unspecified atom stereocenters. The van der Waals surface area contributed by atoms with Gasteiger partial charge < -0.3 is 23.4 Å². The van der Waals surface area contributed by atoms with Gasteiger partial charge in [-0.25, -0.2) is 0 Å². The second kappa shape index (κ2) is 15.7. The van der Waals surface area contributed by atoms with Gasteiger partial charge in [-0.3, -0.25) is 0 Å². The molecule has 1 aliphatic rings. The van der Waals surface area contributed by atoms with E-state index in [1.54, 1.807) is 0 Å². The standard InChI is InChI=1S/C64H40N2O3/c1-3-14-41(15-4-1)43-28-32-45(33-29-43)65(56-24-12-21-52-48-18-7-9-26-58(48)68-63(52)56)47-36-37-50-51-20-11-23-54-55(38-39-60(62(51)54)67-61(50)40-47)66(46-34-30-44(31-35-46)42-16-5-2-6-17-42)57-25-13-22-53-49-19-8-10-27-59(49)69-64(53)57/h1-40H. The number of benzene rings is 11. The number of furan rings is 2. The highest BCUT2D eigenvalue weighted by Crippen LogP contribution is 2.53. The lowest BCUT2D eigenvalue weighted by molar-refractivity contribution is 0.487. The van der Waals surface area contributed by atoms with Crippen molar-refractivity contribution in [2.24, 2.45) is 0 Å². The molecule has 2 aromatic heterocycles. The molecule has 324 valence electrons. The van der Waals surface area contributed by atoms with Crippen LogP contribution in [0.1, 0.15) is 0 Å². The summed E-state index contributed by atoms with van der Waals surface area (Å²) in [7, 11) is 0. The van der Waals surface area contributed by atoms with E-state index in [4.69, 9.17) is 13.6 Å². The van der Waals surface area contributed by atoms with Gasteiger partial charge in [-0.1, -0.05) is 164 Å². The highest BCUT2D eigenvalue weighted by Gasteiger charge is 2.28. The van der Waals surface area contributed by atoms with Crippen molar-refractivity contribution in [2.45, 2.75) is 0 Å². The van der Waals surface area contributed by atoms with Crippen molar-refractivity contribution < 1.29 is 13.6 Å². The molecule has 3 heterocycles. The molecule has 14 rings (SSSR count). The first-order valence-corrected chi connectivity index (χ1v) is 23.3. The molecule has 5 heteroatoms. The molecule has 69 heavy (non-hydrogen) atoms. The third-order valence-electron chi connectivity index (χ3n) is 13.7. The first-order chi connectivity index (χ1) is 34.2. The minimum absolute atomic E-state index is 0.781. The molecule has 0 saturated heterocycles. The summed E-state index contributed by atoms with van der Waals surface area (Å²) in [6, 6.07) is 85.4. The topological polar surface area (TPSA) is 42.0 Å². The van der Waals surface area contributed by atoms with Crippen LogP contribution >= 0.6 is 0 Å². The number of fused-ring (bicyclic) bond motifs is 8. The fraction of sp³-hybridized carbons (Fsp3) is 0. The largest absolute Gasteiger partial charge is 0.456 e. The fourth-order valence-corrected chi connectivity index (χ4v) is 10.5. The highest BCUT2D eigenvalue weighted by atomic mass is 16.5. The molecule has 0 saturated carbocycles. The van der Waals surface area contributed by atoms with Crippen LogP contribution in [-0.4, -0.2) is 0 Å². The van der Waals surface area contributed by atoms with Gasteiger partial charge in [0, 0.05) is 55.3 Å². The van der Waals surface area contributed by atoms with Crippen molar-refractivity contribution in [1.29, 1.82) is 0 Å². The quantitative estimate of drug-likeness (QED) is 0.152. The predicted molar refractivity (Wildman–Crippen MR) is 284 cm³/mol. The van der Waals surface area contributed by atoms with Gasteiger partial charge in [-0.15, -0.1) is 0 Å². The number of nitrogens with zero attached hydrogens (tertiary/aromatic N) is 2. The normalized spacial score (nSPS) is 11.9. The molecular formula is C64H40N2O3.